The Morgan fingerprint density at radius 1 is 0.722 bits per heavy atom. The summed E-state index contributed by atoms with van der Waals surface area (Å²) in [6.45, 7) is 6.72. The lowest BCUT2D eigenvalue weighted by Gasteiger charge is -2.21. The van der Waals surface area contributed by atoms with Crippen molar-refractivity contribution in [3.05, 3.63) is 137 Å². The highest BCUT2D eigenvalue weighted by Crippen LogP contribution is 2.34. The summed E-state index contributed by atoms with van der Waals surface area (Å²) in [7, 11) is 0. The third kappa shape index (κ3) is 5.45. The molecule has 0 fully saturated rings. The van der Waals surface area contributed by atoms with Crippen LogP contribution in [0.2, 0.25) is 5.02 Å². The highest BCUT2D eigenvalue weighted by molar-refractivity contribution is 6.30. The molecule has 0 saturated carbocycles. The van der Waals surface area contributed by atoms with E-state index in [1.54, 1.807) is 0 Å². The molecule has 1 heterocycles. The molecule has 1 atom stereocenters. The van der Waals surface area contributed by atoms with Gasteiger partial charge in [0.1, 0.15) is 0 Å². The van der Waals surface area contributed by atoms with Crippen LogP contribution in [0.25, 0.3) is 22.5 Å². The van der Waals surface area contributed by atoms with Crippen molar-refractivity contribution in [3.63, 3.8) is 0 Å². The molecule has 0 radical (unpaired) electrons. The van der Waals surface area contributed by atoms with Gasteiger partial charge in [0.2, 0.25) is 0 Å². The van der Waals surface area contributed by atoms with Crippen LogP contribution in [0, 0.1) is 0 Å². The van der Waals surface area contributed by atoms with Crippen LogP contribution < -0.4 is 0 Å². The Labute approximate surface area is 218 Å². The lowest BCUT2D eigenvalue weighted by molar-refractivity contribution is 0.419. The maximum Gasteiger partial charge on any atom is 0.167 e. The zero-order valence-electron chi connectivity index (χ0n) is 20.9. The molecule has 0 aliphatic heterocycles. The summed E-state index contributed by atoms with van der Waals surface area (Å²) < 4.78 is 5.91. The van der Waals surface area contributed by atoms with Crippen molar-refractivity contribution in [2.45, 2.75) is 38.5 Å². The number of hydrogen-bond donors (Lipinski definition) is 0. The van der Waals surface area contributed by atoms with E-state index >= 15 is 0 Å². The fraction of sp³-hybridized carbons (Fsp3) is 0.182. The summed E-state index contributed by atoms with van der Waals surface area (Å²) in [5.74, 6) is 0.864. The third-order valence-electron chi connectivity index (χ3n) is 6.67. The quantitative estimate of drug-likeness (QED) is 0.236. The molecule has 2 nitrogen and oxygen atoms in total. The Bertz CT molecular complexity index is 1430. The summed E-state index contributed by atoms with van der Waals surface area (Å²) in [6, 6.07) is 37.9. The molecule has 3 heteroatoms. The predicted octanol–water partition coefficient (Wildman–Crippen LogP) is 9.33. The number of benzene rings is 4. The van der Waals surface area contributed by atoms with E-state index in [9.17, 15) is 0 Å². The van der Waals surface area contributed by atoms with Crippen molar-refractivity contribution in [1.82, 2.24) is 5.16 Å². The second-order valence-electron chi connectivity index (χ2n) is 10.3. The fourth-order valence-corrected chi connectivity index (χ4v) is 4.67. The zero-order valence-corrected chi connectivity index (χ0v) is 21.7. The van der Waals surface area contributed by atoms with Gasteiger partial charge in [-0.1, -0.05) is 122 Å². The van der Waals surface area contributed by atoms with Gasteiger partial charge >= 0.3 is 0 Å². The molecule has 0 aliphatic carbocycles. The minimum absolute atomic E-state index is 0.0957. The van der Waals surface area contributed by atoms with Crippen molar-refractivity contribution < 1.29 is 4.52 Å². The minimum Gasteiger partial charge on any atom is -0.356 e. The van der Waals surface area contributed by atoms with E-state index in [2.05, 4.69) is 105 Å². The average Bonchev–Trinajstić information content (AvgIpc) is 3.38. The number of nitrogens with zero attached hydrogens (tertiary/aromatic N) is 1. The van der Waals surface area contributed by atoms with Crippen molar-refractivity contribution in [3.8, 4) is 22.5 Å². The van der Waals surface area contributed by atoms with E-state index in [4.69, 9.17) is 16.1 Å². The molecule has 1 unspecified atom stereocenters. The van der Waals surface area contributed by atoms with Crippen molar-refractivity contribution in [1.29, 1.82) is 0 Å². The lowest BCUT2D eigenvalue weighted by atomic mass is 9.83. The summed E-state index contributed by atoms with van der Waals surface area (Å²) >= 11 is 6.07. The normalized spacial score (nSPS) is 12.4. The molecular weight excluding hydrogens is 462 g/mol. The van der Waals surface area contributed by atoms with Crippen LogP contribution in [0.5, 0.6) is 0 Å². The van der Waals surface area contributed by atoms with Crippen LogP contribution in [0.1, 0.15) is 49.1 Å². The van der Waals surface area contributed by atoms with E-state index in [-0.39, 0.29) is 11.3 Å². The number of hydrogen-bond acceptors (Lipinski definition) is 2. The SMILES string of the molecule is CC(C)(C)c1ccc(C(Cc2ccccc2)c2cc(-c3cccc(-c4ccc(Cl)cc4)c3)on2)cc1. The van der Waals surface area contributed by atoms with E-state index in [1.165, 1.54) is 16.7 Å². The number of halogens is 1. The topological polar surface area (TPSA) is 26.0 Å². The van der Waals surface area contributed by atoms with Gasteiger partial charge in [-0.3, -0.25) is 0 Å². The molecule has 0 aliphatic rings. The van der Waals surface area contributed by atoms with E-state index in [0.29, 0.717) is 0 Å². The molecule has 4 aromatic carbocycles. The Morgan fingerprint density at radius 3 is 2.11 bits per heavy atom. The maximum absolute atomic E-state index is 6.07. The van der Waals surface area contributed by atoms with Gasteiger partial charge in [-0.05, 0) is 57.9 Å². The molecule has 36 heavy (non-hydrogen) atoms. The Balaban J connectivity index is 1.49. The predicted molar refractivity (Wildman–Crippen MR) is 150 cm³/mol. The maximum atomic E-state index is 6.07. The molecule has 1 aromatic heterocycles. The van der Waals surface area contributed by atoms with Crippen LogP contribution in [0.3, 0.4) is 0 Å². The summed E-state index contributed by atoms with van der Waals surface area (Å²) in [6.07, 6.45) is 0.854. The summed E-state index contributed by atoms with van der Waals surface area (Å²) in [5, 5.41) is 5.29. The van der Waals surface area contributed by atoms with Crippen LogP contribution in [0.15, 0.2) is 114 Å². The van der Waals surface area contributed by atoms with Crippen LogP contribution in [-0.4, -0.2) is 5.16 Å². The highest BCUT2D eigenvalue weighted by atomic mass is 35.5. The van der Waals surface area contributed by atoms with Gasteiger partial charge in [0.05, 0.1) is 5.69 Å². The first-order valence-electron chi connectivity index (χ1n) is 12.3. The van der Waals surface area contributed by atoms with Gasteiger partial charge in [-0.25, -0.2) is 0 Å². The van der Waals surface area contributed by atoms with Gasteiger partial charge in [-0.15, -0.1) is 0 Å². The fourth-order valence-electron chi connectivity index (χ4n) is 4.54. The second kappa shape index (κ2) is 10.2. The van der Waals surface area contributed by atoms with E-state index < -0.39 is 0 Å². The average molecular weight is 492 g/mol. The molecule has 5 aromatic rings. The second-order valence-corrected chi connectivity index (χ2v) is 10.8. The largest absolute Gasteiger partial charge is 0.356 e. The molecule has 180 valence electrons. The van der Waals surface area contributed by atoms with Gasteiger partial charge < -0.3 is 4.52 Å². The van der Waals surface area contributed by atoms with Gasteiger partial charge in [0.15, 0.2) is 5.76 Å². The molecule has 0 N–H and O–H groups in total. The Morgan fingerprint density at radius 2 is 1.42 bits per heavy atom. The highest BCUT2D eigenvalue weighted by Gasteiger charge is 2.21. The molecule has 0 saturated heterocycles. The summed E-state index contributed by atoms with van der Waals surface area (Å²) in [4.78, 5) is 0. The van der Waals surface area contributed by atoms with Crippen molar-refractivity contribution in [2.75, 3.05) is 0 Å². The molecular formula is C33H30ClNO. The summed E-state index contributed by atoms with van der Waals surface area (Å²) in [5.41, 5.74) is 8.12. The molecule has 0 amide bonds. The van der Waals surface area contributed by atoms with Crippen molar-refractivity contribution in [2.24, 2.45) is 0 Å². The van der Waals surface area contributed by atoms with E-state index in [0.717, 1.165) is 39.6 Å². The first-order chi connectivity index (χ1) is 17.4. The number of rotatable bonds is 6. The molecule has 0 spiro atoms. The van der Waals surface area contributed by atoms with Crippen LogP contribution in [0.4, 0.5) is 0 Å². The van der Waals surface area contributed by atoms with Gasteiger partial charge in [0, 0.05) is 22.6 Å². The zero-order chi connectivity index (χ0) is 25.1. The van der Waals surface area contributed by atoms with Gasteiger partial charge in [-0.2, -0.15) is 0 Å². The molecule has 0 bridgehead atoms. The first kappa shape index (κ1) is 24.1. The van der Waals surface area contributed by atoms with Crippen molar-refractivity contribution >= 4 is 11.6 Å². The van der Waals surface area contributed by atoms with E-state index in [1.807, 2.05) is 30.3 Å². The Kier molecular flexibility index (Phi) is 6.80. The smallest absolute Gasteiger partial charge is 0.167 e. The van der Waals surface area contributed by atoms with Gasteiger partial charge in [0.25, 0.3) is 0 Å². The monoisotopic (exact) mass is 491 g/mol. The van der Waals surface area contributed by atoms with Crippen LogP contribution in [-0.2, 0) is 11.8 Å². The number of aromatic nitrogens is 1. The standard InChI is InChI=1S/C33H30ClNO/c1-33(2,3)28-16-12-25(13-17-28)30(20-23-8-5-4-6-9-23)31-22-32(36-35-31)27-11-7-10-26(21-27)24-14-18-29(34)19-15-24/h4-19,21-22,30H,20H2,1-3H3. The lowest BCUT2D eigenvalue weighted by Crippen LogP contribution is -2.12. The first-order valence-corrected chi connectivity index (χ1v) is 12.7. The third-order valence-corrected chi connectivity index (χ3v) is 6.92. The van der Waals surface area contributed by atoms with Crippen LogP contribution >= 0.6 is 11.6 Å². The Hall–Kier alpha value is -3.62. The molecule has 5 rings (SSSR count). The minimum atomic E-state index is 0.0957.